The first kappa shape index (κ1) is 12.1. The zero-order valence-electron chi connectivity index (χ0n) is 9.97. The summed E-state index contributed by atoms with van der Waals surface area (Å²) in [5.41, 5.74) is 7.32. The quantitative estimate of drug-likeness (QED) is 0.862. The SMILES string of the molecule is Nc1cccnc1NC(=O)CCc1ccccc1. The normalized spacial score (nSPS) is 10.0. The van der Waals surface area contributed by atoms with Gasteiger partial charge in [-0.2, -0.15) is 0 Å². The summed E-state index contributed by atoms with van der Waals surface area (Å²) in [5, 5.41) is 2.71. The minimum absolute atomic E-state index is 0.0794. The largest absolute Gasteiger partial charge is 0.396 e. The first-order chi connectivity index (χ1) is 8.75. The Labute approximate surface area is 106 Å². The lowest BCUT2D eigenvalue weighted by Crippen LogP contribution is -2.14. The van der Waals surface area contributed by atoms with Crippen molar-refractivity contribution in [2.75, 3.05) is 11.1 Å². The number of aryl methyl sites for hydroxylation is 1. The molecule has 0 saturated heterocycles. The number of hydrogen-bond donors (Lipinski definition) is 2. The molecule has 0 aliphatic rings. The Morgan fingerprint density at radius 1 is 1.17 bits per heavy atom. The molecule has 1 heterocycles. The zero-order valence-corrected chi connectivity index (χ0v) is 9.97. The number of nitrogens with zero attached hydrogens (tertiary/aromatic N) is 1. The fourth-order valence-electron chi connectivity index (χ4n) is 1.62. The van der Waals surface area contributed by atoms with Crippen LogP contribution in [0.15, 0.2) is 48.7 Å². The summed E-state index contributed by atoms with van der Waals surface area (Å²) >= 11 is 0. The van der Waals surface area contributed by atoms with E-state index in [9.17, 15) is 4.79 Å². The molecule has 0 fully saturated rings. The molecule has 1 aromatic heterocycles. The molecule has 0 bridgehead atoms. The molecule has 0 saturated carbocycles. The molecular formula is C14H15N3O. The van der Waals surface area contributed by atoms with Gasteiger partial charge in [0.1, 0.15) is 0 Å². The zero-order chi connectivity index (χ0) is 12.8. The number of nitrogens with two attached hydrogens (primary N) is 1. The van der Waals surface area contributed by atoms with Crippen molar-refractivity contribution in [3.8, 4) is 0 Å². The number of anilines is 2. The van der Waals surface area contributed by atoms with Crippen molar-refractivity contribution in [3.63, 3.8) is 0 Å². The molecule has 4 nitrogen and oxygen atoms in total. The van der Waals surface area contributed by atoms with Gasteiger partial charge < -0.3 is 11.1 Å². The topological polar surface area (TPSA) is 68.0 Å². The number of nitrogens with one attached hydrogen (secondary N) is 1. The predicted molar refractivity (Wildman–Crippen MR) is 72.0 cm³/mol. The average molecular weight is 241 g/mol. The lowest BCUT2D eigenvalue weighted by atomic mass is 10.1. The molecule has 1 aromatic carbocycles. The van der Waals surface area contributed by atoms with Gasteiger partial charge in [0.25, 0.3) is 0 Å². The fraction of sp³-hybridized carbons (Fsp3) is 0.143. The Hall–Kier alpha value is -2.36. The molecular weight excluding hydrogens is 226 g/mol. The number of aromatic nitrogens is 1. The number of nitrogen functional groups attached to an aromatic ring is 1. The third-order valence-corrected chi connectivity index (χ3v) is 2.58. The van der Waals surface area contributed by atoms with E-state index >= 15 is 0 Å². The molecule has 1 amide bonds. The molecule has 3 N–H and O–H groups in total. The highest BCUT2D eigenvalue weighted by atomic mass is 16.1. The van der Waals surface area contributed by atoms with E-state index in [0.29, 0.717) is 24.3 Å². The maximum Gasteiger partial charge on any atom is 0.225 e. The molecule has 4 heteroatoms. The predicted octanol–water partition coefficient (Wildman–Crippen LogP) is 2.24. The fourth-order valence-corrected chi connectivity index (χ4v) is 1.62. The number of carbonyl (C=O) groups excluding carboxylic acids is 1. The van der Waals surface area contributed by atoms with Crippen LogP contribution in [0.3, 0.4) is 0 Å². The number of hydrogen-bond acceptors (Lipinski definition) is 3. The van der Waals surface area contributed by atoms with Crippen LogP contribution in [0.4, 0.5) is 11.5 Å². The smallest absolute Gasteiger partial charge is 0.225 e. The van der Waals surface area contributed by atoms with Gasteiger partial charge in [-0.1, -0.05) is 30.3 Å². The van der Waals surface area contributed by atoms with E-state index in [4.69, 9.17) is 5.73 Å². The van der Waals surface area contributed by atoms with Crippen molar-refractivity contribution in [2.45, 2.75) is 12.8 Å². The maximum absolute atomic E-state index is 11.7. The second-order valence-electron chi connectivity index (χ2n) is 3.98. The standard InChI is InChI=1S/C14H15N3O/c15-12-7-4-10-16-14(12)17-13(18)9-8-11-5-2-1-3-6-11/h1-7,10H,8-9,15H2,(H,16,17,18). The minimum atomic E-state index is -0.0794. The van der Waals surface area contributed by atoms with Crippen LogP contribution in [-0.4, -0.2) is 10.9 Å². The van der Waals surface area contributed by atoms with E-state index in [1.165, 1.54) is 0 Å². The molecule has 0 aliphatic carbocycles. The molecule has 0 aliphatic heterocycles. The third kappa shape index (κ3) is 3.31. The van der Waals surface area contributed by atoms with Gasteiger partial charge in [0.2, 0.25) is 5.91 Å². The molecule has 0 spiro atoms. The van der Waals surface area contributed by atoms with Crippen molar-refractivity contribution < 1.29 is 4.79 Å². The highest BCUT2D eigenvalue weighted by molar-refractivity contribution is 5.92. The number of benzene rings is 1. The highest BCUT2D eigenvalue weighted by Crippen LogP contribution is 2.13. The van der Waals surface area contributed by atoms with E-state index in [2.05, 4.69) is 10.3 Å². The van der Waals surface area contributed by atoms with Crippen LogP contribution in [0, 0.1) is 0 Å². The first-order valence-electron chi connectivity index (χ1n) is 5.80. The minimum Gasteiger partial charge on any atom is -0.396 e. The van der Waals surface area contributed by atoms with Gasteiger partial charge in [0.15, 0.2) is 5.82 Å². The van der Waals surface area contributed by atoms with Crippen LogP contribution in [0.5, 0.6) is 0 Å². The summed E-state index contributed by atoms with van der Waals surface area (Å²) in [5.74, 6) is 0.347. The van der Waals surface area contributed by atoms with Crippen molar-refractivity contribution in [1.82, 2.24) is 4.98 Å². The monoisotopic (exact) mass is 241 g/mol. The van der Waals surface area contributed by atoms with Gasteiger partial charge in [-0.25, -0.2) is 4.98 Å². The van der Waals surface area contributed by atoms with Crippen molar-refractivity contribution in [1.29, 1.82) is 0 Å². The van der Waals surface area contributed by atoms with Gasteiger partial charge in [-0.15, -0.1) is 0 Å². The average Bonchev–Trinajstić information content (AvgIpc) is 2.40. The number of carbonyl (C=O) groups is 1. The van der Waals surface area contributed by atoms with Crippen LogP contribution in [0.1, 0.15) is 12.0 Å². The summed E-state index contributed by atoms with van der Waals surface area (Å²) in [6.45, 7) is 0. The summed E-state index contributed by atoms with van der Waals surface area (Å²) in [4.78, 5) is 15.7. The molecule has 92 valence electrons. The number of amides is 1. The van der Waals surface area contributed by atoms with E-state index in [0.717, 1.165) is 5.56 Å². The van der Waals surface area contributed by atoms with Crippen molar-refractivity contribution >= 4 is 17.4 Å². The van der Waals surface area contributed by atoms with Crippen LogP contribution in [-0.2, 0) is 11.2 Å². The Morgan fingerprint density at radius 3 is 2.67 bits per heavy atom. The van der Waals surface area contributed by atoms with Crippen molar-refractivity contribution in [3.05, 3.63) is 54.2 Å². The summed E-state index contributed by atoms with van der Waals surface area (Å²) in [6, 6.07) is 13.3. The van der Waals surface area contributed by atoms with Gasteiger partial charge in [-0.3, -0.25) is 4.79 Å². The molecule has 18 heavy (non-hydrogen) atoms. The number of rotatable bonds is 4. The second-order valence-corrected chi connectivity index (χ2v) is 3.98. The Balaban J connectivity index is 1.88. The molecule has 0 atom stereocenters. The highest BCUT2D eigenvalue weighted by Gasteiger charge is 2.05. The first-order valence-corrected chi connectivity index (χ1v) is 5.80. The maximum atomic E-state index is 11.7. The number of pyridine rings is 1. The lowest BCUT2D eigenvalue weighted by Gasteiger charge is -2.06. The van der Waals surface area contributed by atoms with Crippen LogP contribution >= 0.6 is 0 Å². The van der Waals surface area contributed by atoms with Crippen LogP contribution < -0.4 is 11.1 Å². The van der Waals surface area contributed by atoms with E-state index in [1.807, 2.05) is 30.3 Å². The Kier molecular flexibility index (Phi) is 3.91. The van der Waals surface area contributed by atoms with Gasteiger partial charge in [-0.05, 0) is 24.1 Å². The summed E-state index contributed by atoms with van der Waals surface area (Å²) < 4.78 is 0. The van der Waals surface area contributed by atoms with E-state index in [-0.39, 0.29) is 5.91 Å². The van der Waals surface area contributed by atoms with Gasteiger partial charge in [0, 0.05) is 12.6 Å². The van der Waals surface area contributed by atoms with Crippen molar-refractivity contribution in [2.24, 2.45) is 0 Å². The molecule has 2 rings (SSSR count). The van der Waals surface area contributed by atoms with Gasteiger partial charge >= 0.3 is 0 Å². The Bertz CT molecular complexity index is 526. The lowest BCUT2D eigenvalue weighted by molar-refractivity contribution is -0.116. The Morgan fingerprint density at radius 2 is 1.94 bits per heavy atom. The van der Waals surface area contributed by atoms with Gasteiger partial charge in [0.05, 0.1) is 5.69 Å². The molecule has 2 aromatic rings. The molecule has 0 unspecified atom stereocenters. The van der Waals surface area contributed by atoms with E-state index in [1.54, 1.807) is 18.3 Å². The van der Waals surface area contributed by atoms with Crippen LogP contribution in [0.25, 0.3) is 0 Å². The second kappa shape index (κ2) is 5.82. The van der Waals surface area contributed by atoms with Crippen LogP contribution in [0.2, 0.25) is 0 Å². The molecule has 0 radical (unpaired) electrons. The third-order valence-electron chi connectivity index (χ3n) is 2.58. The summed E-state index contributed by atoms with van der Waals surface area (Å²) in [6.07, 6.45) is 2.72. The van der Waals surface area contributed by atoms with E-state index < -0.39 is 0 Å². The summed E-state index contributed by atoms with van der Waals surface area (Å²) in [7, 11) is 0.